The van der Waals surface area contributed by atoms with Crippen molar-refractivity contribution in [3.05, 3.63) is 71.3 Å². The monoisotopic (exact) mass is 329 g/mol. The Bertz CT molecular complexity index is 780. The molecule has 0 aliphatic heterocycles. The lowest BCUT2D eigenvalue weighted by Crippen LogP contribution is -2.07. The lowest BCUT2D eigenvalue weighted by molar-refractivity contribution is 0.628. The van der Waals surface area contributed by atoms with Crippen LogP contribution in [-0.2, 0) is 6.54 Å². The van der Waals surface area contributed by atoms with Crippen LogP contribution >= 0.6 is 11.6 Å². The van der Waals surface area contributed by atoms with Crippen LogP contribution in [0.5, 0.6) is 0 Å². The van der Waals surface area contributed by atoms with Gasteiger partial charge in [0, 0.05) is 12.2 Å². The predicted molar refractivity (Wildman–Crippen MR) is 88.3 cm³/mol. The number of anilines is 3. The van der Waals surface area contributed by atoms with E-state index in [0.717, 1.165) is 5.56 Å². The van der Waals surface area contributed by atoms with Crippen molar-refractivity contribution in [2.45, 2.75) is 6.54 Å². The molecule has 0 fully saturated rings. The molecule has 3 aromatic rings. The summed E-state index contributed by atoms with van der Waals surface area (Å²) in [5.41, 5.74) is 1.75. The van der Waals surface area contributed by atoms with Crippen LogP contribution in [0.15, 0.2) is 54.6 Å². The third kappa shape index (κ3) is 4.37. The van der Waals surface area contributed by atoms with E-state index in [9.17, 15) is 4.39 Å². The standard InChI is InChI=1S/C16H13ClFN5/c17-14-21-15(19-10-11-4-2-1-3-5-11)23-16(22-14)20-13-8-6-12(18)7-9-13/h1-9H,10H2,(H2,19,20,21,22,23). The summed E-state index contributed by atoms with van der Waals surface area (Å²) >= 11 is 5.92. The molecule has 3 rings (SSSR count). The average Bonchev–Trinajstić information content (AvgIpc) is 2.56. The van der Waals surface area contributed by atoms with E-state index >= 15 is 0 Å². The SMILES string of the molecule is Fc1ccc(Nc2nc(Cl)nc(NCc3ccccc3)n2)cc1. The van der Waals surface area contributed by atoms with Crippen LogP contribution in [0.1, 0.15) is 5.56 Å². The lowest BCUT2D eigenvalue weighted by atomic mass is 10.2. The maximum absolute atomic E-state index is 12.9. The number of aromatic nitrogens is 3. The Labute approximate surface area is 137 Å². The van der Waals surface area contributed by atoms with Crippen LogP contribution in [0.4, 0.5) is 22.0 Å². The van der Waals surface area contributed by atoms with Gasteiger partial charge in [0.1, 0.15) is 5.82 Å². The van der Waals surface area contributed by atoms with Crippen molar-refractivity contribution in [3.63, 3.8) is 0 Å². The molecule has 7 heteroatoms. The number of hydrogen-bond acceptors (Lipinski definition) is 5. The second-order valence-electron chi connectivity index (χ2n) is 4.72. The second kappa shape index (κ2) is 7.02. The zero-order valence-electron chi connectivity index (χ0n) is 12.0. The van der Waals surface area contributed by atoms with Gasteiger partial charge in [0.25, 0.3) is 0 Å². The third-order valence-electron chi connectivity index (χ3n) is 3.00. The van der Waals surface area contributed by atoms with Crippen LogP contribution in [0, 0.1) is 5.82 Å². The van der Waals surface area contributed by atoms with Crippen molar-refractivity contribution in [1.82, 2.24) is 15.0 Å². The first kappa shape index (κ1) is 15.2. The zero-order chi connectivity index (χ0) is 16.1. The van der Waals surface area contributed by atoms with E-state index in [0.29, 0.717) is 18.2 Å². The summed E-state index contributed by atoms with van der Waals surface area (Å²) in [6.07, 6.45) is 0. The normalized spacial score (nSPS) is 10.3. The molecule has 1 heterocycles. The fraction of sp³-hybridized carbons (Fsp3) is 0.0625. The van der Waals surface area contributed by atoms with Crippen molar-refractivity contribution in [2.75, 3.05) is 10.6 Å². The Morgan fingerprint density at radius 3 is 2.30 bits per heavy atom. The maximum atomic E-state index is 12.9. The van der Waals surface area contributed by atoms with Gasteiger partial charge in [-0.2, -0.15) is 15.0 Å². The van der Waals surface area contributed by atoms with Gasteiger partial charge in [0.05, 0.1) is 0 Å². The first-order chi connectivity index (χ1) is 11.2. The molecule has 0 atom stereocenters. The number of nitrogens with one attached hydrogen (secondary N) is 2. The molecule has 0 aliphatic carbocycles. The van der Waals surface area contributed by atoms with Crippen LogP contribution in [0.25, 0.3) is 0 Å². The van der Waals surface area contributed by atoms with Gasteiger partial charge >= 0.3 is 0 Å². The molecule has 0 bridgehead atoms. The zero-order valence-corrected chi connectivity index (χ0v) is 12.8. The molecule has 2 N–H and O–H groups in total. The minimum absolute atomic E-state index is 0.0696. The quantitative estimate of drug-likeness (QED) is 0.740. The Morgan fingerprint density at radius 2 is 1.57 bits per heavy atom. The Morgan fingerprint density at radius 1 is 0.870 bits per heavy atom. The molecular weight excluding hydrogens is 317 g/mol. The van der Waals surface area contributed by atoms with Gasteiger partial charge in [-0.25, -0.2) is 4.39 Å². The van der Waals surface area contributed by atoms with Crippen molar-refractivity contribution in [3.8, 4) is 0 Å². The molecule has 1 aromatic heterocycles. The summed E-state index contributed by atoms with van der Waals surface area (Å²) in [5, 5.41) is 6.12. The fourth-order valence-corrected chi connectivity index (χ4v) is 2.08. The van der Waals surface area contributed by atoms with E-state index in [1.807, 2.05) is 30.3 Å². The second-order valence-corrected chi connectivity index (χ2v) is 5.06. The number of rotatable bonds is 5. The third-order valence-corrected chi connectivity index (χ3v) is 3.17. The molecule has 0 unspecified atom stereocenters. The highest BCUT2D eigenvalue weighted by Crippen LogP contribution is 2.16. The smallest absolute Gasteiger partial charge is 0.233 e. The van der Waals surface area contributed by atoms with Crippen molar-refractivity contribution in [1.29, 1.82) is 0 Å². The van der Waals surface area contributed by atoms with Crippen molar-refractivity contribution >= 4 is 29.2 Å². The van der Waals surface area contributed by atoms with E-state index in [4.69, 9.17) is 11.6 Å². The van der Waals surface area contributed by atoms with Gasteiger partial charge in [0.2, 0.25) is 17.2 Å². The highest BCUT2D eigenvalue weighted by molar-refractivity contribution is 6.28. The highest BCUT2D eigenvalue weighted by atomic mass is 35.5. The average molecular weight is 330 g/mol. The predicted octanol–water partition coefficient (Wildman–Crippen LogP) is 4.02. The maximum Gasteiger partial charge on any atom is 0.233 e. The molecule has 0 amide bonds. The number of halogens is 2. The summed E-state index contributed by atoms with van der Waals surface area (Å²) < 4.78 is 12.9. The summed E-state index contributed by atoms with van der Waals surface area (Å²) in [6, 6.07) is 15.7. The van der Waals surface area contributed by atoms with Gasteiger partial charge in [-0.3, -0.25) is 0 Å². The molecule has 0 radical (unpaired) electrons. The molecular formula is C16H13ClFN5. The Hall–Kier alpha value is -2.73. The topological polar surface area (TPSA) is 62.7 Å². The van der Waals surface area contributed by atoms with Gasteiger partial charge in [0.15, 0.2) is 0 Å². The molecule has 0 saturated heterocycles. The van der Waals surface area contributed by atoms with Gasteiger partial charge < -0.3 is 10.6 Å². The molecule has 0 spiro atoms. The minimum Gasteiger partial charge on any atom is -0.350 e. The first-order valence-electron chi connectivity index (χ1n) is 6.91. The highest BCUT2D eigenvalue weighted by Gasteiger charge is 2.05. The van der Waals surface area contributed by atoms with Crippen LogP contribution in [0.3, 0.4) is 0 Å². The largest absolute Gasteiger partial charge is 0.350 e. The molecule has 23 heavy (non-hydrogen) atoms. The fourth-order valence-electron chi connectivity index (χ4n) is 1.92. The summed E-state index contributed by atoms with van der Waals surface area (Å²) in [7, 11) is 0. The molecule has 0 aliphatic rings. The van der Waals surface area contributed by atoms with Gasteiger partial charge in [-0.1, -0.05) is 30.3 Å². The van der Waals surface area contributed by atoms with Gasteiger partial charge in [-0.15, -0.1) is 0 Å². The summed E-state index contributed by atoms with van der Waals surface area (Å²) in [5.74, 6) is 0.333. The van der Waals surface area contributed by atoms with E-state index in [1.165, 1.54) is 12.1 Å². The lowest BCUT2D eigenvalue weighted by Gasteiger charge is -2.08. The number of nitrogens with zero attached hydrogens (tertiary/aromatic N) is 3. The van der Waals surface area contributed by atoms with Crippen molar-refractivity contribution in [2.24, 2.45) is 0 Å². The molecule has 5 nitrogen and oxygen atoms in total. The van der Waals surface area contributed by atoms with Crippen LogP contribution in [0.2, 0.25) is 5.28 Å². The van der Waals surface area contributed by atoms with Crippen LogP contribution in [-0.4, -0.2) is 15.0 Å². The Kier molecular flexibility index (Phi) is 4.63. The molecule has 0 saturated carbocycles. The van der Waals surface area contributed by atoms with E-state index in [-0.39, 0.29) is 17.0 Å². The van der Waals surface area contributed by atoms with E-state index in [1.54, 1.807) is 12.1 Å². The summed E-state index contributed by atoms with van der Waals surface area (Å²) in [6.45, 7) is 0.567. The van der Waals surface area contributed by atoms with Crippen LogP contribution < -0.4 is 10.6 Å². The van der Waals surface area contributed by atoms with Crippen molar-refractivity contribution < 1.29 is 4.39 Å². The first-order valence-corrected chi connectivity index (χ1v) is 7.29. The number of hydrogen-bond donors (Lipinski definition) is 2. The molecule has 2 aromatic carbocycles. The minimum atomic E-state index is -0.311. The van der Waals surface area contributed by atoms with E-state index in [2.05, 4.69) is 25.6 Å². The summed E-state index contributed by atoms with van der Waals surface area (Å²) in [4.78, 5) is 12.3. The van der Waals surface area contributed by atoms with E-state index < -0.39 is 0 Å². The number of benzene rings is 2. The van der Waals surface area contributed by atoms with Gasteiger partial charge in [-0.05, 0) is 41.4 Å². The Balaban J connectivity index is 1.72. The molecule has 116 valence electrons.